The van der Waals surface area contributed by atoms with E-state index in [1.165, 1.54) is 6.08 Å². The maximum Gasteiger partial charge on any atom is 0.328 e. The average Bonchev–Trinajstić information content (AvgIpc) is 2.79. The third kappa shape index (κ3) is 4.84. The summed E-state index contributed by atoms with van der Waals surface area (Å²) in [6.07, 6.45) is 1.84. The van der Waals surface area contributed by atoms with Gasteiger partial charge in [0.2, 0.25) is 0 Å². The Bertz CT molecular complexity index is 1020. The van der Waals surface area contributed by atoms with Crippen LogP contribution in [0.25, 0.3) is 5.57 Å². The van der Waals surface area contributed by atoms with Gasteiger partial charge in [-0.2, -0.15) is 0 Å². The van der Waals surface area contributed by atoms with Crippen molar-refractivity contribution in [3.8, 4) is 0 Å². The summed E-state index contributed by atoms with van der Waals surface area (Å²) in [6, 6.07) is 26.4. The Hall–Kier alpha value is -3.66. The molecule has 0 aliphatic carbocycles. The number of carboxylic acids is 1. The number of amides is 1. The molecule has 152 valence electrons. The van der Waals surface area contributed by atoms with Crippen LogP contribution in [0.3, 0.4) is 0 Å². The van der Waals surface area contributed by atoms with Gasteiger partial charge in [0.15, 0.2) is 0 Å². The van der Waals surface area contributed by atoms with E-state index >= 15 is 0 Å². The number of aliphatic carboxylic acids is 1. The molecule has 0 aromatic heterocycles. The first-order chi connectivity index (χ1) is 14.5. The van der Waals surface area contributed by atoms with Crippen LogP contribution in [0.4, 0.5) is 5.69 Å². The van der Waals surface area contributed by atoms with Crippen LogP contribution in [0.2, 0.25) is 0 Å². The summed E-state index contributed by atoms with van der Waals surface area (Å²) in [5.74, 6) is -1.05. The van der Waals surface area contributed by atoms with Crippen LogP contribution in [0.5, 0.6) is 0 Å². The van der Waals surface area contributed by atoms with E-state index in [4.69, 9.17) is 5.11 Å². The highest BCUT2D eigenvalue weighted by Gasteiger charge is 2.24. The minimum Gasteiger partial charge on any atom is -0.478 e. The number of anilines is 1. The van der Waals surface area contributed by atoms with Gasteiger partial charge in [0.05, 0.1) is 6.04 Å². The highest BCUT2D eigenvalue weighted by atomic mass is 16.4. The van der Waals surface area contributed by atoms with Crippen LogP contribution in [0.15, 0.2) is 91.0 Å². The zero-order valence-corrected chi connectivity index (χ0v) is 17.2. The molecule has 0 aliphatic heterocycles. The lowest BCUT2D eigenvalue weighted by Crippen LogP contribution is -2.33. The molecule has 1 N–H and O–H groups in total. The number of hydrogen-bond donors (Lipinski definition) is 1. The molecule has 0 saturated carbocycles. The highest BCUT2D eigenvalue weighted by molar-refractivity contribution is 6.06. The van der Waals surface area contributed by atoms with E-state index in [1.807, 2.05) is 98.8 Å². The monoisotopic (exact) mass is 399 g/mol. The molecule has 3 aromatic carbocycles. The molecule has 0 saturated heterocycles. The van der Waals surface area contributed by atoms with Gasteiger partial charge in [0.25, 0.3) is 5.91 Å². The quantitative estimate of drug-likeness (QED) is 0.498. The third-order valence-electron chi connectivity index (χ3n) is 5.10. The molecule has 3 aromatic rings. The number of hydrogen-bond acceptors (Lipinski definition) is 2. The second kappa shape index (κ2) is 9.70. The lowest BCUT2D eigenvalue weighted by molar-refractivity contribution is -0.131. The number of carbonyl (C=O) groups is 2. The van der Waals surface area contributed by atoms with Gasteiger partial charge in [0, 0.05) is 17.3 Å². The van der Waals surface area contributed by atoms with Crippen LogP contribution in [-0.2, 0) is 4.79 Å². The number of nitrogens with zero attached hydrogens (tertiary/aromatic N) is 1. The zero-order chi connectivity index (χ0) is 21.5. The molecule has 4 nitrogen and oxygen atoms in total. The maximum atomic E-state index is 13.4. The van der Waals surface area contributed by atoms with E-state index in [2.05, 4.69) is 0 Å². The molecule has 1 unspecified atom stereocenters. The van der Waals surface area contributed by atoms with Crippen molar-refractivity contribution in [3.63, 3.8) is 0 Å². The van der Waals surface area contributed by atoms with Crippen molar-refractivity contribution in [1.82, 2.24) is 0 Å². The van der Waals surface area contributed by atoms with Crippen molar-refractivity contribution in [1.29, 1.82) is 0 Å². The number of benzene rings is 3. The molecule has 0 aliphatic rings. The largest absolute Gasteiger partial charge is 0.478 e. The van der Waals surface area contributed by atoms with Gasteiger partial charge in [0.1, 0.15) is 0 Å². The van der Waals surface area contributed by atoms with E-state index in [1.54, 1.807) is 4.90 Å². The summed E-state index contributed by atoms with van der Waals surface area (Å²) >= 11 is 0. The summed E-state index contributed by atoms with van der Waals surface area (Å²) in [5, 5.41) is 9.09. The molecule has 0 radical (unpaired) electrons. The minimum atomic E-state index is -0.963. The highest BCUT2D eigenvalue weighted by Crippen LogP contribution is 2.30. The number of allylic oxidation sites excluding steroid dienone is 1. The smallest absolute Gasteiger partial charge is 0.328 e. The van der Waals surface area contributed by atoms with Crippen molar-refractivity contribution >= 4 is 23.1 Å². The molecule has 1 atom stereocenters. The van der Waals surface area contributed by atoms with Gasteiger partial charge in [-0.1, -0.05) is 67.6 Å². The Balaban J connectivity index is 2.02. The minimum absolute atomic E-state index is 0.0866. The molecule has 0 bridgehead atoms. The first-order valence-corrected chi connectivity index (χ1v) is 9.98. The lowest BCUT2D eigenvalue weighted by atomic mass is 10.0. The number of carbonyl (C=O) groups excluding carboxylic acids is 1. The molecule has 0 fully saturated rings. The Morgan fingerprint density at radius 1 is 0.867 bits per heavy atom. The van der Waals surface area contributed by atoms with Gasteiger partial charge in [-0.15, -0.1) is 0 Å². The Morgan fingerprint density at radius 3 is 1.97 bits per heavy atom. The predicted molar refractivity (Wildman–Crippen MR) is 120 cm³/mol. The summed E-state index contributed by atoms with van der Waals surface area (Å²) in [6.45, 7) is 3.93. The van der Waals surface area contributed by atoms with Crippen molar-refractivity contribution < 1.29 is 14.7 Å². The Kier molecular flexibility index (Phi) is 6.81. The molecule has 0 spiro atoms. The SMILES string of the molecule is CC/C(=C\C(=O)O)c1ccc(N(C(=O)c2ccccc2)C(C)c2ccccc2)cc1. The predicted octanol–water partition coefficient (Wildman–Crippen LogP) is 5.97. The average molecular weight is 399 g/mol. The van der Waals surface area contributed by atoms with Crippen molar-refractivity contribution in [2.24, 2.45) is 0 Å². The molecular formula is C26H25NO3. The van der Waals surface area contributed by atoms with Crippen molar-refractivity contribution in [2.45, 2.75) is 26.3 Å². The lowest BCUT2D eigenvalue weighted by Gasteiger charge is -2.30. The second-order valence-electron chi connectivity index (χ2n) is 7.04. The Labute approximate surface area is 177 Å². The molecule has 30 heavy (non-hydrogen) atoms. The fourth-order valence-corrected chi connectivity index (χ4v) is 3.49. The number of rotatable bonds is 7. The van der Waals surface area contributed by atoms with Gasteiger partial charge in [-0.3, -0.25) is 4.79 Å². The molecule has 1 amide bonds. The second-order valence-corrected chi connectivity index (χ2v) is 7.04. The first kappa shape index (κ1) is 21.1. The van der Waals surface area contributed by atoms with E-state index < -0.39 is 5.97 Å². The Morgan fingerprint density at radius 2 is 1.43 bits per heavy atom. The summed E-state index contributed by atoms with van der Waals surface area (Å²) < 4.78 is 0. The summed E-state index contributed by atoms with van der Waals surface area (Å²) in [5.41, 5.74) is 3.99. The van der Waals surface area contributed by atoms with Gasteiger partial charge in [-0.25, -0.2) is 4.79 Å². The third-order valence-corrected chi connectivity index (χ3v) is 5.10. The van der Waals surface area contributed by atoms with E-state index in [9.17, 15) is 9.59 Å². The van der Waals surface area contributed by atoms with Crippen molar-refractivity contribution in [2.75, 3.05) is 4.90 Å². The van der Waals surface area contributed by atoms with Crippen LogP contribution < -0.4 is 4.90 Å². The molecule has 4 heteroatoms. The van der Waals surface area contributed by atoms with Crippen molar-refractivity contribution in [3.05, 3.63) is 108 Å². The van der Waals surface area contributed by atoms with Crippen LogP contribution in [-0.4, -0.2) is 17.0 Å². The summed E-state index contributed by atoms with van der Waals surface area (Å²) in [4.78, 5) is 26.3. The molecule has 3 rings (SSSR count). The fourth-order valence-electron chi connectivity index (χ4n) is 3.49. The maximum absolute atomic E-state index is 13.4. The van der Waals surface area contributed by atoms with Gasteiger partial charge < -0.3 is 10.0 Å². The first-order valence-electron chi connectivity index (χ1n) is 9.98. The van der Waals surface area contributed by atoms with Gasteiger partial charge >= 0.3 is 5.97 Å². The number of carboxylic acid groups (broad SMARTS) is 1. The fraction of sp³-hybridized carbons (Fsp3) is 0.154. The van der Waals surface area contributed by atoms with Crippen LogP contribution in [0, 0.1) is 0 Å². The van der Waals surface area contributed by atoms with E-state index in [-0.39, 0.29) is 11.9 Å². The zero-order valence-electron chi connectivity index (χ0n) is 17.2. The van der Waals surface area contributed by atoms with Crippen LogP contribution >= 0.6 is 0 Å². The normalized spacial score (nSPS) is 12.3. The van der Waals surface area contributed by atoms with E-state index in [0.29, 0.717) is 12.0 Å². The molecule has 0 heterocycles. The summed E-state index contributed by atoms with van der Waals surface area (Å²) in [7, 11) is 0. The van der Waals surface area contributed by atoms with Gasteiger partial charge in [-0.05, 0) is 54.3 Å². The topological polar surface area (TPSA) is 57.6 Å². The van der Waals surface area contributed by atoms with Crippen LogP contribution in [0.1, 0.15) is 47.8 Å². The molecular weight excluding hydrogens is 374 g/mol. The standard InChI is InChI=1S/C26H25NO3/c1-3-20(18-25(28)29)22-14-16-24(17-15-22)27(19(2)21-10-6-4-7-11-21)26(30)23-12-8-5-9-13-23/h4-19H,3H2,1-2H3,(H,28,29)/b20-18+. The van der Waals surface area contributed by atoms with E-state index in [0.717, 1.165) is 22.4 Å².